The van der Waals surface area contributed by atoms with Gasteiger partial charge in [0.2, 0.25) is 0 Å². The minimum absolute atomic E-state index is 0. The van der Waals surface area contributed by atoms with Crippen LogP contribution in [0.1, 0.15) is 6.92 Å². The molecule has 19 heavy (non-hydrogen) atoms. The molecule has 0 atom stereocenters. The van der Waals surface area contributed by atoms with E-state index in [4.69, 9.17) is 5.11 Å². The molecule has 102 valence electrons. The molecular formula is C12H20N3NaO3. The van der Waals surface area contributed by atoms with Crippen molar-refractivity contribution in [2.75, 3.05) is 32.7 Å². The van der Waals surface area contributed by atoms with E-state index in [0.717, 1.165) is 31.8 Å². The number of aliphatic carboxylic acids is 1. The number of hydrogen-bond acceptors (Lipinski definition) is 5. The van der Waals surface area contributed by atoms with Crippen molar-refractivity contribution in [2.45, 2.75) is 6.92 Å². The second-order valence-electron chi connectivity index (χ2n) is 3.41. The number of allylic oxidation sites excluding steroid dienone is 1. The molecule has 0 radical (unpaired) electrons. The Balaban J connectivity index is 0. The Morgan fingerprint density at radius 2 is 1.95 bits per heavy atom. The molecule has 0 rings (SSSR count). The Kier molecular flexibility index (Phi) is 16.7. The molecule has 0 spiro atoms. The third-order valence-corrected chi connectivity index (χ3v) is 1.90. The van der Waals surface area contributed by atoms with Crippen molar-refractivity contribution >= 4 is 11.9 Å². The van der Waals surface area contributed by atoms with Crippen LogP contribution in [0, 0.1) is 0 Å². The van der Waals surface area contributed by atoms with E-state index in [2.05, 4.69) is 15.6 Å². The number of carbonyl (C=O) groups is 1. The molecule has 6 nitrogen and oxygen atoms in total. The van der Waals surface area contributed by atoms with Gasteiger partial charge in [-0.15, -0.1) is 0 Å². The number of nitrogens with zero attached hydrogens (tertiary/aromatic N) is 1. The van der Waals surface area contributed by atoms with Gasteiger partial charge >= 0.3 is 35.5 Å². The van der Waals surface area contributed by atoms with Crippen LogP contribution in [0.15, 0.2) is 29.3 Å². The molecule has 0 heterocycles. The maximum Gasteiger partial charge on any atom is 1.00 e. The maximum atomic E-state index is 11.0. The maximum absolute atomic E-state index is 11.0. The van der Waals surface area contributed by atoms with Gasteiger partial charge < -0.3 is 20.8 Å². The molecule has 0 saturated heterocycles. The quantitative estimate of drug-likeness (QED) is 0.0948. The molecule has 0 aromatic rings. The number of carboxylic acids is 1. The van der Waals surface area contributed by atoms with Crippen molar-refractivity contribution in [1.29, 1.82) is 0 Å². The van der Waals surface area contributed by atoms with Gasteiger partial charge in [-0.2, -0.15) is 0 Å². The molecule has 7 heteroatoms. The Bertz CT molecular complexity index is 317. The van der Waals surface area contributed by atoms with Crippen molar-refractivity contribution in [3.8, 4) is 0 Å². The summed E-state index contributed by atoms with van der Waals surface area (Å²) in [5.41, 5.74) is 0. The summed E-state index contributed by atoms with van der Waals surface area (Å²) in [6.45, 7) is 5.40. The van der Waals surface area contributed by atoms with Crippen molar-refractivity contribution < 1.29 is 44.6 Å². The van der Waals surface area contributed by atoms with E-state index >= 15 is 0 Å². The van der Waals surface area contributed by atoms with E-state index < -0.39 is 11.9 Å². The standard InChI is InChI=1S/C12H21N3O3.Na/c1-2-3-6-13-7-8-14-9-10-15-11(16)4-5-12(17)18;/h2-5,13-14H,6-10H2,1H3,(H,15,16)(H,17,18);/q;+1/p-1/b3-2+,5-4+;. The predicted octanol–water partition coefficient (Wildman–Crippen LogP) is -3.85. The number of carboxylic acid groups (broad SMARTS) is 1. The van der Waals surface area contributed by atoms with E-state index in [0.29, 0.717) is 13.1 Å². The van der Waals surface area contributed by atoms with Gasteiger partial charge in [0.05, 0.1) is 6.54 Å². The molecular weight excluding hydrogens is 257 g/mol. The van der Waals surface area contributed by atoms with E-state index in [1.807, 2.05) is 19.1 Å². The zero-order chi connectivity index (χ0) is 13.6. The molecule has 0 amide bonds. The molecule has 3 N–H and O–H groups in total. The normalized spacial score (nSPS) is 11.9. The van der Waals surface area contributed by atoms with Crippen LogP contribution in [0.5, 0.6) is 0 Å². The molecule has 0 aliphatic rings. The van der Waals surface area contributed by atoms with Crippen LogP contribution in [0.25, 0.3) is 0 Å². The summed E-state index contributed by atoms with van der Waals surface area (Å²) in [7, 11) is 0. The molecule has 0 aromatic carbocycles. The minimum atomic E-state index is -1.15. The second-order valence-corrected chi connectivity index (χ2v) is 3.41. The van der Waals surface area contributed by atoms with E-state index in [1.54, 1.807) is 0 Å². The third-order valence-electron chi connectivity index (χ3n) is 1.90. The zero-order valence-electron chi connectivity index (χ0n) is 11.6. The largest absolute Gasteiger partial charge is 1.00 e. The summed E-state index contributed by atoms with van der Waals surface area (Å²) in [5, 5.41) is 25.6. The number of hydrogen-bond donors (Lipinski definition) is 3. The second kappa shape index (κ2) is 15.4. The van der Waals surface area contributed by atoms with Crippen LogP contribution < -0.4 is 45.3 Å². The van der Waals surface area contributed by atoms with E-state index in [9.17, 15) is 9.90 Å². The summed E-state index contributed by atoms with van der Waals surface area (Å²) < 4.78 is 0. The smallest absolute Gasteiger partial charge is 0.859 e. The van der Waals surface area contributed by atoms with Gasteiger partial charge in [-0.3, -0.25) is 4.99 Å². The first-order valence-corrected chi connectivity index (χ1v) is 5.82. The van der Waals surface area contributed by atoms with Gasteiger partial charge in [-0.05, 0) is 18.9 Å². The molecule has 0 unspecified atom stereocenters. The average Bonchev–Trinajstić information content (AvgIpc) is 2.34. The zero-order valence-corrected chi connectivity index (χ0v) is 13.6. The van der Waals surface area contributed by atoms with Crippen molar-refractivity contribution in [1.82, 2.24) is 10.6 Å². The molecule has 0 aromatic heterocycles. The molecule has 0 saturated carbocycles. The van der Waals surface area contributed by atoms with Gasteiger partial charge in [0, 0.05) is 32.3 Å². The first-order valence-electron chi connectivity index (χ1n) is 5.82. The topological polar surface area (TPSA) is 96.8 Å². The van der Waals surface area contributed by atoms with Gasteiger partial charge in [-0.1, -0.05) is 12.2 Å². The summed E-state index contributed by atoms with van der Waals surface area (Å²) in [4.78, 5) is 13.8. The Morgan fingerprint density at radius 1 is 1.26 bits per heavy atom. The van der Waals surface area contributed by atoms with Crippen LogP contribution in [-0.4, -0.2) is 49.7 Å². The van der Waals surface area contributed by atoms with Crippen LogP contribution >= 0.6 is 0 Å². The minimum Gasteiger partial charge on any atom is -0.859 e. The Labute approximate surface area is 136 Å². The van der Waals surface area contributed by atoms with Crippen molar-refractivity contribution in [3.63, 3.8) is 0 Å². The van der Waals surface area contributed by atoms with Crippen LogP contribution in [-0.2, 0) is 4.79 Å². The number of rotatable bonds is 10. The van der Waals surface area contributed by atoms with Crippen molar-refractivity contribution in [3.05, 3.63) is 24.3 Å². The molecule has 0 fully saturated rings. The fraction of sp³-hybridized carbons (Fsp3) is 0.500. The number of nitrogens with one attached hydrogen (secondary N) is 2. The van der Waals surface area contributed by atoms with E-state index in [-0.39, 0.29) is 29.6 Å². The van der Waals surface area contributed by atoms with Gasteiger partial charge in [-0.25, -0.2) is 4.79 Å². The van der Waals surface area contributed by atoms with Crippen molar-refractivity contribution in [2.24, 2.45) is 4.99 Å². The van der Waals surface area contributed by atoms with Gasteiger partial charge in [0.15, 0.2) is 0 Å². The first kappa shape index (κ1) is 20.7. The Morgan fingerprint density at radius 3 is 2.58 bits per heavy atom. The van der Waals surface area contributed by atoms with Crippen LogP contribution in [0.4, 0.5) is 0 Å². The molecule has 0 aliphatic heterocycles. The summed E-state index contributed by atoms with van der Waals surface area (Å²) in [6.07, 6.45) is 5.74. The third kappa shape index (κ3) is 17.3. The van der Waals surface area contributed by atoms with Crippen LogP contribution in [0.2, 0.25) is 0 Å². The van der Waals surface area contributed by atoms with Gasteiger partial charge in [0.25, 0.3) is 0 Å². The number of aliphatic imine (C=N–C) groups is 1. The first-order chi connectivity index (χ1) is 8.66. The summed E-state index contributed by atoms with van der Waals surface area (Å²) in [5.74, 6) is -1.67. The molecule has 0 bridgehead atoms. The summed E-state index contributed by atoms with van der Waals surface area (Å²) in [6, 6.07) is 0. The SMILES string of the molecule is C/C=C/CNCCNCCN=C([O-])/C=C/C(=O)O.[Na+]. The average molecular weight is 277 g/mol. The van der Waals surface area contributed by atoms with Gasteiger partial charge in [0.1, 0.15) is 0 Å². The summed E-state index contributed by atoms with van der Waals surface area (Å²) >= 11 is 0. The van der Waals surface area contributed by atoms with Crippen LogP contribution in [0.3, 0.4) is 0 Å². The Hall–Kier alpha value is -0.660. The predicted molar refractivity (Wildman–Crippen MR) is 69.6 cm³/mol. The molecule has 0 aliphatic carbocycles. The monoisotopic (exact) mass is 277 g/mol. The fourth-order valence-electron chi connectivity index (χ4n) is 1.05. The van der Waals surface area contributed by atoms with E-state index in [1.165, 1.54) is 0 Å². The fourth-order valence-corrected chi connectivity index (χ4v) is 1.05.